The Hall–Kier alpha value is -1.96. The van der Waals surface area contributed by atoms with Crippen molar-refractivity contribution in [3.63, 3.8) is 0 Å². The number of aromatic nitrogens is 2. The molecule has 1 aliphatic rings. The highest BCUT2D eigenvalue weighted by Crippen LogP contribution is 2.34. The quantitative estimate of drug-likeness (QED) is 0.609. The summed E-state index contributed by atoms with van der Waals surface area (Å²) < 4.78 is 0. The van der Waals surface area contributed by atoms with Gasteiger partial charge >= 0.3 is 5.69 Å². The van der Waals surface area contributed by atoms with E-state index in [1.807, 2.05) is 0 Å². The van der Waals surface area contributed by atoms with E-state index in [0.29, 0.717) is 12.5 Å². The van der Waals surface area contributed by atoms with Crippen LogP contribution in [-0.4, -0.2) is 53.0 Å². The summed E-state index contributed by atoms with van der Waals surface area (Å²) >= 11 is 0. The van der Waals surface area contributed by atoms with Crippen LogP contribution in [0, 0.1) is 10.1 Å². The van der Waals surface area contributed by atoms with Crippen LogP contribution in [-0.2, 0) is 0 Å². The van der Waals surface area contributed by atoms with Crippen LogP contribution >= 0.6 is 0 Å². The summed E-state index contributed by atoms with van der Waals surface area (Å²) in [4.78, 5) is 20.9. The van der Waals surface area contributed by atoms with Crippen molar-refractivity contribution < 1.29 is 4.92 Å². The minimum absolute atomic E-state index is 0.0403. The summed E-state index contributed by atoms with van der Waals surface area (Å²) in [6.45, 7) is 0.640. The molecule has 1 saturated carbocycles. The first-order valence-electron chi connectivity index (χ1n) is 7.09. The van der Waals surface area contributed by atoms with E-state index in [1.165, 1.54) is 19.0 Å². The van der Waals surface area contributed by atoms with Gasteiger partial charge in [0, 0.05) is 19.1 Å². The van der Waals surface area contributed by atoms with Crippen molar-refractivity contribution >= 4 is 17.5 Å². The maximum atomic E-state index is 11.1. The largest absolute Gasteiger partial charge is 0.362 e. The second-order valence-electron chi connectivity index (χ2n) is 5.61. The van der Waals surface area contributed by atoms with Gasteiger partial charge in [-0.1, -0.05) is 12.8 Å². The van der Waals surface area contributed by atoms with Gasteiger partial charge in [0.25, 0.3) is 0 Å². The standard InChI is InChI=1S/C13H22N6O2/c1-14-12-15-8-10(19(20)21)11(17-12)16-9-13(18(2)3)6-4-5-7-13/h8H,4-7,9H2,1-3H3,(H2,14,15,16,17). The Morgan fingerprint density at radius 2 is 2.10 bits per heavy atom. The van der Waals surface area contributed by atoms with Crippen LogP contribution in [0.3, 0.4) is 0 Å². The lowest BCUT2D eigenvalue weighted by Crippen LogP contribution is -2.47. The molecular formula is C13H22N6O2. The Morgan fingerprint density at radius 1 is 1.43 bits per heavy atom. The van der Waals surface area contributed by atoms with Crippen molar-refractivity contribution in [2.45, 2.75) is 31.2 Å². The predicted octanol–water partition coefficient (Wildman–Crippen LogP) is 1.71. The second kappa shape index (κ2) is 6.21. The minimum atomic E-state index is -0.460. The molecule has 1 aliphatic carbocycles. The van der Waals surface area contributed by atoms with Crippen LogP contribution in [0.15, 0.2) is 6.20 Å². The van der Waals surface area contributed by atoms with Gasteiger partial charge in [-0.2, -0.15) is 4.98 Å². The van der Waals surface area contributed by atoms with Crippen molar-refractivity contribution in [1.29, 1.82) is 0 Å². The fourth-order valence-electron chi connectivity index (χ4n) is 2.82. The topological polar surface area (TPSA) is 96.2 Å². The zero-order chi connectivity index (χ0) is 15.5. The Labute approximate surface area is 124 Å². The summed E-state index contributed by atoms with van der Waals surface area (Å²) in [5, 5.41) is 17.0. The Kier molecular flexibility index (Phi) is 4.56. The summed E-state index contributed by atoms with van der Waals surface area (Å²) in [7, 11) is 5.80. The lowest BCUT2D eigenvalue weighted by Gasteiger charge is -2.36. The molecular weight excluding hydrogens is 272 g/mol. The highest BCUT2D eigenvalue weighted by atomic mass is 16.6. The molecule has 1 fully saturated rings. The van der Waals surface area contributed by atoms with E-state index < -0.39 is 4.92 Å². The van der Waals surface area contributed by atoms with E-state index in [-0.39, 0.29) is 17.0 Å². The first-order valence-corrected chi connectivity index (χ1v) is 7.09. The van der Waals surface area contributed by atoms with Crippen LogP contribution in [0.2, 0.25) is 0 Å². The highest BCUT2D eigenvalue weighted by molar-refractivity contribution is 5.57. The molecule has 0 atom stereocenters. The molecule has 2 rings (SSSR count). The molecule has 8 nitrogen and oxygen atoms in total. The van der Waals surface area contributed by atoms with Gasteiger partial charge in [0.15, 0.2) is 0 Å². The van der Waals surface area contributed by atoms with Crippen molar-refractivity contribution in [1.82, 2.24) is 14.9 Å². The average Bonchev–Trinajstić information content (AvgIpc) is 2.94. The van der Waals surface area contributed by atoms with E-state index >= 15 is 0 Å². The molecule has 0 spiro atoms. The van der Waals surface area contributed by atoms with E-state index in [1.54, 1.807) is 7.05 Å². The molecule has 0 radical (unpaired) electrons. The molecule has 0 saturated heterocycles. The van der Waals surface area contributed by atoms with Crippen LogP contribution in [0.25, 0.3) is 0 Å². The number of likely N-dealkylation sites (N-methyl/N-ethyl adjacent to an activating group) is 1. The van der Waals surface area contributed by atoms with Crippen molar-refractivity contribution in [3.05, 3.63) is 16.3 Å². The molecule has 0 unspecified atom stereocenters. The first kappa shape index (κ1) is 15.4. The molecule has 1 aromatic heterocycles. The molecule has 0 amide bonds. The fraction of sp³-hybridized carbons (Fsp3) is 0.692. The highest BCUT2D eigenvalue weighted by Gasteiger charge is 2.36. The average molecular weight is 294 g/mol. The molecule has 2 N–H and O–H groups in total. The van der Waals surface area contributed by atoms with E-state index in [9.17, 15) is 10.1 Å². The van der Waals surface area contributed by atoms with Crippen LogP contribution in [0.1, 0.15) is 25.7 Å². The van der Waals surface area contributed by atoms with Gasteiger partial charge in [0.1, 0.15) is 6.20 Å². The van der Waals surface area contributed by atoms with Crippen molar-refractivity contribution in [2.24, 2.45) is 0 Å². The summed E-state index contributed by atoms with van der Waals surface area (Å²) in [5.41, 5.74) is -0.0561. The van der Waals surface area contributed by atoms with Gasteiger partial charge in [-0.25, -0.2) is 4.98 Å². The molecule has 0 aromatic carbocycles. The number of anilines is 2. The second-order valence-corrected chi connectivity index (χ2v) is 5.61. The zero-order valence-corrected chi connectivity index (χ0v) is 12.7. The first-order chi connectivity index (χ1) is 9.98. The third-order valence-electron chi connectivity index (χ3n) is 4.26. The number of hydrogen-bond acceptors (Lipinski definition) is 7. The maximum Gasteiger partial charge on any atom is 0.329 e. The lowest BCUT2D eigenvalue weighted by molar-refractivity contribution is -0.384. The molecule has 116 valence electrons. The summed E-state index contributed by atoms with van der Waals surface area (Å²) in [6.07, 6.45) is 5.79. The van der Waals surface area contributed by atoms with E-state index in [4.69, 9.17) is 0 Å². The third-order valence-corrected chi connectivity index (χ3v) is 4.26. The number of nitrogens with zero attached hydrogens (tertiary/aromatic N) is 4. The summed E-state index contributed by atoms with van der Waals surface area (Å²) in [6, 6.07) is 0. The maximum absolute atomic E-state index is 11.1. The smallest absolute Gasteiger partial charge is 0.329 e. The number of nitrogens with one attached hydrogen (secondary N) is 2. The van der Waals surface area contributed by atoms with Crippen LogP contribution in [0.5, 0.6) is 0 Å². The number of nitro groups is 1. The Bertz CT molecular complexity index is 513. The molecule has 0 bridgehead atoms. The normalized spacial score (nSPS) is 17.0. The van der Waals surface area contributed by atoms with E-state index in [2.05, 4.69) is 39.6 Å². The molecule has 21 heavy (non-hydrogen) atoms. The Morgan fingerprint density at radius 3 is 2.62 bits per heavy atom. The van der Waals surface area contributed by atoms with Crippen LogP contribution < -0.4 is 10.6 Å². The molecule has 1 aromatic rings. The third kappa shape index (κ3) is 3.21. The number of rotatable bonds is 6. The van der Waals surface area contributed by atoms with Gasteiger partial charge in [-0.15, -0.1) is 0 Å². The number of hydrogen-bond donors (Lipinski definition) is 2. The molecule has 0 aliphatic heterocycles. The lowest BCUT2D eigenvalue weighted by atomic mass is 9.96. The minimum Gasteiger partial charge on any atom is -0.362 e. The van der Waals surface area contributed by atoms with Gasteiger partial charge in [-0.3, -0.25) is 10.1 Å². The van der Waals surface area contributed by atoms with E-state index in [0.717, 1.165) is 12.8 Å². The Balaban J connectivity index is 2.20. The van der Waals surface area contributed by atoms with Crippen LogP contribution in [0.4, 0.5) is 17.5 Å². The molecule has 8 heteroatoms. The SMILES string of the molecule is CNc1ncc([N+](=O)[O-])c(NCC2(N(C)C)CCCC2)n1. The van der Waals surface area contributed by atoms with Gasteiger partial charge in [0.2, 0.25) is 11.8 Å². The van der Waals surface area contributed by atoms with Crippen molar-refractivity contribution in [3.8, 4) is 0 Å². The van der Waals surface area contributed by atoms with Crippen molar-refractivity contribution in [2.75, 3.05) is 38.3 Å². The van der Waals surface area contributed by atoms with Gasteiger partial charge in [-0.05, 0) is 26.9 Å². The fourth-order valence-corrected chi connectivity index (χ4v) is 2.82. The monoisotopic (exact) mass is 294 g/mol. The molecule has 1 heterocycles. The van der Waals surface area contributed by atoms with Gasteiger partial charge < -0.3 is 15.5 Å². The summed E-state index contributed by atoms with van der Waals surface area (Å²) in [5.74, 6) is 0.640. The van der Waals surface area contributed by atoms with Gasteiger partial charge in [0.05, 0.1) is 4.92 Å². The predicted molar refractivity (Wildman–Crippen MR) is 81.6 cm³/mol. The zero-order valence-electron chi connectivity index (χ0n) is 12.7.